The fourth-order valence-corrected chi connectivity index (χ4v) is 4.52. The van der Waals surface area contributed by atoms with Gasteiger partial charge >= 0.3 is 7.60 Å². The Morgan fingerprint density at radius 3 is 2.94 bits per heavy atom. The van der Waals surface area contributed by atoms with E-state index in [0.29, 0.717) is 12.4 Å². The van der Waals surface area contributed by atoms with Crippen LogP contribution in [0.25, 0.3) is 0 Å². The summed E-state index contributed by atoms with van der Waals surface area (Å²) in [6, 6.07) is -0.467. The molecule has 90 valence electrons. The van der Waals surface area contributed by atoms with Crippen molar-refractivity contribution in [2.75, 3.05) is 26.1 Å². The molecule has 2 unspecified atom stereocenters. The second-order valence-corrected chi connectivity index (χ2v) is 7.17. The van der Waals surface area contributed by atoms with Gasteiger partial charge in [0.1, 0.15) is 19.6 Å². The lowest BCUT2D eigenvalue weighted by atomic mass is 9.93. The molecule has 2 bridgehead atoms. The van der Waals surface area contributed by atoms with Crippen LogP contribution < -0.4 is 0 Å². The Bertz CT molecular complexity index is 324. The van der Waals surface area contributed by atoms with Gasteiger partial charge in [-0.05, 0) is 0 Å². The molecule has 8 heteroatoms. The Kier molecular flexibility index (Phi) is 3.48. The van der Waals surface area contributed by atoms with Crippen LogP contribution in [0.2, 0.25) is 0 Å². The molecule has 2 heterocycles. The van der Waals surface area contributed by atoms with E-state index in [1.54, 1.807) is 18.9 Å². The smallest absolute Gasteiger partial charge is 0.325 e. The summed E-state index contributed by atoms with van der Waals surface area (Å²) in [6.45, 7) is 1.48. The highest BCUT2D eigenvalue weighted by Crippen LogP contribution is 2.53. The number of fused-ring (bicyclic) bond motifs is 2. The van der Waals surface area contributed by atoms with Crippen LogP contribution in [0.1, 0.15) is 0 Å². The molecule has 2 saturated heterocycles. The molecule has 2 fully saturated rings. The van der Waals surface area contributed by atoms with Gasteiger partial charge < -0.3 is 18.9 Å². The minimum absolute atomic E-state index is 0.101. The number of hydrogen-bond donors (Lipinski definition) is 1. The fraction of sp³-hybridized carbons (Fsp3) is 1.00. The second-order valence-electron chi connectivity index (χ2n) is 4.18. The molecule has 0 aromatic rings. The van der Waals surface area contributed by atoms with Gasteiger partial charge in [0.25, 0.3) is 0 Å². The van der Waals surface area contributed by atoms with E-state index in [9.17, 15) is 9.46 Å². The first-order valence-corrected chi connectivity index (χ1v) is 7.98. The van der Waals surface area contributed by atoms with Crippen LogP contribution >= 0.6 is 19.4 Å². The van der Waals surface area contributed by atoms with Gasteiger partial charge in [-0.2, -0.15) is 11.8 Å². The summed E-state index contributed by atoms with van der Waals surface area (Å²) in [5, 5.41) is -0.101. The standard InChI is InChI=1S/C8H14BO5PS/c1-12-3-8-4-16-5(7(9)13-8)6(8)14-15(2,10)11/h5-7H,3-4H2,1-2H3,(H,10,11)/t5-,6?,7+,8-/m0/s1. The van der Waals surface area contributed by atoms with Crippen molar-refractivity contribution in [2.24, 2.45) is 0 Å². The Morgan fingerprint density at radius 1 is 1.75 bits per heavy atom. The highest BCUT2D eigenvalue weighted by Gasteiger charge is 2.61. The molecule has 1 N–H and O–H groups in total. The normalized spacial score (nSPS) is 45.8. The molecule has 2 radical (unpaired) electrons. The first kappa shape index (κ1) is 12.9. The van der Waals surface area contributed by atoms with E-state index in [2.05, 4.69) is 0 Å². The third-order valence-electron chi connectivity index (χ3n) is 2.73. The molecule has 0 amide bonds. The second kappa shape index (κ2) is 4.30. The molecule has 2 aliphatic heterocycles. The van der Waals surface area contributed by atoms with Gasteiger partial charge in [-0.3, -0.25) is 4.57 Å². The van der Waals surface area contributed by atoms with E-state index >= 15 is 0 Å². The Balaban J connectivity index is 2.19. The molecule has 5 atom stereocenters. The predicted octanol–water partition coefficient (Wildman–Crippen LogP) is 0.212. The average Bonchev–Trinajstić information content (AvgIpc) is 2.54. The topological polar surface area (TPSA) is 65.0 Å². The molecule has 2 rings (SSSR count). The molecular weight excluding hydrogens is 250 g/mol. The summed E-state index contributed by atoms with van der Waals surface area (Å²) >= 11 is 1.60. The van der Waals surface area contributed by atoms with Crippen LogP contribution in [0, 0.1) is 0 Å². The number of thioether (sulfide) groups is 1. The van der Waals surface area contributed by atoms with Crippen molar-refractivity contribution in [3.05, 3.63) is 0 Å². The van der Waals surface area contributed by atoms with Crippen molar-refractivity contribution in [1.29, 1.82) is 0 Å². The first-order valence-electron chi connectivity index (χ1n) is 4.90. The van der Waals surface area contributed by atoms with Crippen LogP contribution in [0.5, 0.6) is 0 Å². The van der Waals surface area contributed by atoms with Crippen LogP contribution in [-0.4, -0.2) is 61.8 Å². The summed E-state index contributed by atoms with van der Waals surface area (Å²) in [7, 11) is 3.80. The first-order chi connectivity index (χ1) is 7.38. The minimum atomic E-state index is -3.55. The monoisotopic (exact) mass is 264 g/mol. The SMILES string of the molecule is [B][C@@H]1O[C@@]2(COC)CS[C@H]1C2OP(C)(=O)O. The van der Waals surface area contributed by atoms with Gasteiger partial charge in [0.05, 0.1) is 11.9 Å². The molecule has 5 nitrogen and oxygen atoms in total. The zero-order valence-electron chi connectivity index (χ0n) is 9.16. The van der Waals surface area contributed by atoms with Gasteiger partial charge in [-0.25, -0.2) is 0 Å². The molecule has 0 aromatic heterocycles. The minimum Gasteiger partial charge on any atom is -0.382 e. The predicted molar refractivity (Wildman–Crippen MR) is 62.1 cm³/mol. The van der Waals surface area contributed by atoms with Crippen LogP contribution in [-0.2, 0) is 18.6 Å². The number of hydrogen-bond acceptors (Lipinski definition) is 5. The van der Waals surface area contributed by atoms with Gasteiger partial charge in [0.15, 0.2) is 0 Å². The summed E-state index contributed by atoms with van der Waals surface area (Å²) in [5.74, 6) is 0.671. The molecular formula is C8H14BO5PS. The quantitative estimate of drug-likeness (QED) is 0.578. The summed E-state index contributed by atoms with van der Waals surface area (Å²) in [5.41, 5.74) is -0.683. The maximum atomic E-state index is 11.3. The fourth-order valence-electron chi connectivity index (χ4n) is 2.18. The van der Waals surface area contributed by atoms with E-state index in [-0.39, 0.29) is 5.25 Å². The lowest BCUT2D eigenvalue weighted by Crippen LogP contribution is -2.45. The number of ether oxygens (including phenoxy) is 2. The van der Waals surface area contributed by atoms with Crippen LogP contribution in [0.4, 0.5) is 0 Å². The molecule has 0 spiro atoms. The van der Waals surface area contributed by atoms with Gasteiger partial charge in [-0.1, -0.05) is 0 Å². The highest BCUT2D eigenvalue weighted by atomic mass is 32.2. The maximum Gasteiger partial charge on any atom is 0.325 e. The molecule has 2 aliphatic rings. The van der Waals surface area contributed by atoms with E-state index in [0.717, 1.165) is 0 Å². The third-order valence-corrected chi connectivity index (χ3v) is 4.90. The van der Waals surface area contributed by atoms with E-state index in [4.69, 9.17) is 21.8 Å². The van der Waals surface area contributed by atoms with Gasteiger partial charge in [0.2, 0.25) is 0 Å². The van der Waals surface area contributed by atoms with Crippen molar-refractivity contribution >= 4 is 27.2 Å². The maximum absolute atomic E-state index is 11.3. The lowest BCUT2D eigenvalue weighted by Gasteiger charge is -2.30. The van der Waals surface area contributed by atoms with E-state index in [1.807, 2.05) is 0 Å². The Hall–Kier alpha value is 0.485. The molecule has 16 heavy (non-hydrogen) atoms. The number of methoxy groups -OCH3 is 1. The van der Waals surface area contributed by atoms with Gasteiger partial charge in [-0.15, -0.1) is 0 Å². The zero-order valence-corrected chi connectivity index (χ0v) is 10.9. The van der Waals surface area contributed by atoms with Crippen molar-refractivity contribution in [1.82, 2.24) is 0 Å². The molecule has 0 aliphatic carbocycles. The Morgan fingerprint density at radius 2 is 2.44 bits per heavy atom. The van der Waals surface area contributed by atoms with Crippen molar-refractivity contribution in [3.63, 3.8) is 0 Å². The summed E-state index contributed by atoms with van der Waals surface area (Å²) < 4.78 is 27.3. The van der Waals surface area contributed by atoms with Crippen molar-refractivity contribution in [3.8, 4) is 0 Å². The average molecular weight is 264 g/mol. The third kappa shape index (κ3) is 2.21. The lowest BCUT2D eigenvalue weighted by molar-refractivity contribution is -0.0835. The van der Waals surface area contributed by atoms with Gasteiger partial charge in [0, 0.05) is 25.5 Å². The van der Waals surface area contributed by atoms with Crippen molar-refractivity contribution in [2.45, 2.75) is 23.0 Å². The largest absolute Gasteiger partial charge is 0.382 e. The zero-order chi connectivity index (χ0) is 12.0. The molecule has 0 aromatic carbocycles. The van der Waals surface area contributed by atoms with Crippen LogP contribution in [0.15, 0.2) is 0 Å². The highest BCUT2D eigenvalue weighted by molar-refractivity contribution is 8.00. The number of rotatable bonds is 4. The summed E-state index contributed by atoms with van der Waals surface area (Å²) in [6.07, 6.45) is -0.478. The van der Waals surface area contributed by atoms with Crippen LogP contribution in [0.3, 0.4) is 0 Å². The van der Waals surface area contributed by atoms with E-state index in [1.165, 1.54) is 6.66 Å². The molecule has 0 saturated carbocycles. The van der Waals surface area contributed by atoms with Crippen molar-refractivity contribution < 1.29 is 23.5 Å². The Labute approximate surface area is 100 Å². The summed E-state index contributed by atoms with van der Waals surface area (Å²) in [4.78, 5) is 9.30. The van der Waals surface area contributed by atoms with E-state index < -0.39 is 25.3 Å².